The molecule has 0 aliphatic heterocycles. The Labute approximate surface area is 155 Å². The van der Waals surface area contributed by atoms with E-state index >= 15 is 0 Å². The number of anilines is 1. The highest BCUT2D eigenvalue weighted by atomic mass is 16.6. The molecule has 0 bridgehead atoms. The summed E-state index contributed by atoms with van der Waals surface area (Å²) in [5.41, 5.74) is -0.289. The third-order valence-corrected chi connectivity index (χ3v) is 3.38. The number of carbonyl (C=O) groups is 2. The zero-order valence-electron chi connectivity index (χ0n) is 14.9. The highest BCUT2D eigenvalue weighted by molar-refractivity contribution is 6.08. The molecule has 0 aliphatic rings. The van der Waals surface area contributed by atoms with Crippen LogP contribution in [0.2, 0.25) is 0 Å². The molecule has 0 saturated carbocycles. The molecule has 0 aliphatic carbocycles. The summed E-state index contributed by atoms with van der Waals surface area (Å²) >= 11 is 0. The average molecular weight is 373 g/mol. The highest BCUT2D eigenvalue weighted by Crippen LogP contribution is 2.17. The van der Waals surface area contributed by atoms with Crippen LogP contribution in [0.1, 0.15) is 21.7 Å². The minimum atomic E-state index is -0.906. The van der Waals surface area contributed by atoms with Crippen molar-refractivity contribution in [2.24, 2.45) is 0 Å². The van der Waals surface area contributed by atoms with E-state index < -0.39 is 28.8 Å². The molecule has 0 radical (unpaired) electrons. The van der Waals surface area contributed by atoms with Crippen LogP contribution in [-0.2, 0) is 9.47 Å². The molecule has 0 atom stereocenters. The number of amides is 1. The minimum Gasteiger partial charge on any atom is -0.507 e. The number of nitrogens with one attached hydrogen (secondary N) is 1. The fraction of sp³-hybridized carbons (Fsp3) is 0.211. The Kier molecular flexibility index (Phi) is 6.90. The maximum Gasteiger partial charge on any atom is 0.411 e. The number of allylic oxidation sites excluding steroid dienone is 1. The van der Waals surface area contributed by atoms with Gasteiger partial charge in [0, 0.05) is 18.9 Å². The van der Waals surface area contributed by atoms with Gasteiger partial charge in [-0.2, -0.15) is 0 Å². The highest BCUT2D eigenvalue weighted by Gasteiger charge is 2.15. The van der Waals surface area contributed by atoms with Crippen LogP contribution in [-0.4, -0.2) is 37.3 Å². The Morgan fingerprint density at radius 3 is 2.74 bits per heavy atom. The molecule has 1 aromatic heterocycles. The van der Waals surface area contributed by atoms with Crippen molar-refractivity contribution >= 4 is 23.6 Å². The van der Waals surface area contributed by atoms with E-state index in [0.717, 1.165) is 6.08 Å². The van der Waals surface area contributed by atoms with E-state index in [1.165, 1.54) is 26.2 Å². The van der Waals surface area contributed by atoms with Crippen LogP contribution in [0, 0.1) is 6.92 Å². The Hall–Kier alpha value is -3.39. The summed E-state index contributed by atoms with van der Waals surface area (Å²) in [4.78, 5) is 35.5. The van der Waals surface area contributed by atoms with Gasteiger partial charge in [0.2, 0.25) is 0 Å². The Morgan fingerprint density at radius 2 is 2.04 bits per heavy atom. The van der Waals surface area contributed by atoms with E-state index in [0.29, 0.717) is 11.3 Å². The van der Waals surface area contributed by atoms with Gasteiger partial charge in [-0.1, -0.05) is 18.2 Å². The quantitative estimate of drug-likeness (QED) is 0.435. The lowest BCUT2D eigenvalue weighted by Crippen LogP contribution is -2.16. The van der Waals surface area contributed by atoms with Crippen molar-refractivity contribution in [3.05, 3.63) is 63.7 Å². The number of ether oxygens (including phenoxy) is 2. The van der Waals surface area contributed by atoms with Gasteiger partial charge in [-0.3, -0.25) is 10.1 Å². The average Bonchev–Trinajstić information content (AvgIpc) is 2.59. The van der Waals surface area contributed by atoms with Crippen LogP contribution in [0.3, 0.4) is 0 Å². The van der Waals surface area contributed by atoms with E-state index in [1.54, 1.807) is 24.3 Å². The molecule has 0 unspecified atom stereocenters. The number of carbonyl (C=O) groups excluding carboxylic acids is 2. The smallest absolute Gasteiger partial charge is 0.411 e. The SMILES string of the molecule is COCCOC(=O)Nc1cccc(/C=C/C(=O)c2c(O)cc(C)oc2=O)c1. The third kappa shape index (κ3) is 5.82. The molecule has 2 rings (SSSR count). The standard InChI is InChI=1S/C19H19NO7/c1-12-10-16(22)17(18(23)27-12)15(21)7-6-13-4-3-5-14(11-13)20-19(24)26-9-8-25-2/h3-7,10-11,22H,8-9H2,1-2H3,(H,20,24)/b7-6+. The number of rotatable bonds is 7. The number of aromatic hydroxyl groups is 1. The lowest BCUT2D eigenvalue weighted by molar-refractivity contribution is 0.104. The van der Waals surface area contributed by atoms with E-state index in [4.69, 9.17) is 13.9 Å². The van der Waals surface area contributed by atoms with Crippen LogP contribution in [0.25, 0.3) is 6.08 Å². The first-order valence-corrected chi connectivity index (χ1v) is 7.99. The normalized spacial score (nSPS) is 10.7. The minimum absolute atomic E-state index is 0.124. The van der Waals surface area contributed by atoms with Crippen LogP contribution in [0.5, 0.6) is 5.75 Å². The second kappa shape index (κ2) is 9.35. The van der Waals surface area contributed by atoms with E-state index in [-0.39, 0.29) is 19.0 Å². The van der Waals surface area contributed by atoms with Gasteiger partial charge in [-0.05, 0) is 30.7 Å². The molecule has 1 heterocycles. The van der Waals surface area contributed by atoms with Gasteiger partial charge in [-0.15, -0.1) is 0 Å². The Morgan fingerprint density at radius 1 is 1.26 bits per heavy atom. The van der Waals surface area contributed by atoms with Crippen LogP contribution < -0.4 is 10.9 Å². The van der Waals surface area contributed by atoms with Crippen molar-refractivity contribution in [2.45, 2.75) is 6.92 Å². The molecule has 0 spiro atoms. The molecule has 142 valence electrons. The summed E-state index contributed by atoms with van der Waals surface area (Å²) < 4.78 is 14.5. The van der Waals surface area contributed by atoms with Crippen molar-refractivity contribution in [3.8, 4) is 5.75 Å². The molecular weight excluding hydrogens is 354 g/mol. The van der Waals surface area contributed by atoms with Crippen molar-refractivity contribution in [1.82, 2.24) is 0 Å². The number of hydrogen-bond acceptors (Lipinski definition) is 7. The third-order valence-electron chi connectivity index (χ3n) is 3.38. The zero-order chi connectivity index (χ0) is 19.8. The van der Waals surface area contributed by atoms with Gasteiger partial charge in [-0.25, -0.2) is 9.59 Å². The van der Waals surface area contributed by atoms with Gasteiger partial charge < -0.3 is 19.0 Å². The monoisotopic (exact) mass is 373 g/mol. The fourth-order valence-corrected chi connectivity index (χ4v) is 2.17. The first-order chi connectivity index (χ1) is 12.9. The molecule has 2 aromatic rings. The summed E-state index contributed by atoms with van der Waals surface area (Å²) in [5, 5.41) is 12.3. The lowest BCUT2D eigenvalue weighted by Gasteiger charge is -2.07. The van der Waals surface area contributed by atoms with E-state index in [2.05, 4.69) is 5.32 Å². The largest absolute Gasteiger partial charge is 0.507 e. The van der Waals surface area contributed by atoms with E-state index in [9.17, 15) is 19.5 Å². The molecule has 8 nitrogen and oxygen atoms in total. The number of ketones is 1. The predicted molar refractivity (Wildman–Crippen MR) is 98.0 cm³/mol. The zero-order valence-corrected chi connectivity index (χ0v) is 14.9. The number of methoxy groups -OCH3 is 1. The summed E-state index contributed by atoms with van der Waals surface area (Å²) in [7, 11) is 1.50. The van der Waals surface area contributed by atoms with Gasteiger partial charge >= 0.3 is 11.7 Å². The number of benzene rings is 1. The van der Waals surface area contributed by atoms with Crippen LogP contribution >= 0.6 is 0 Å². The summed E-state index contributed by atoms with van der Waals surface area (Å²) in [6.07, 6.45) is 1.95. The van der Waals surface area contributed by atoms with Crippen molar-refractivity contribution in [1.29, 1.82) is 0 Å². The molecule has 0 fully saturated rings. The number of aryl methyl sites for hydroxylation is 1. The summed E-state index contributed by atoms with van der Waals surface area (Å²) in [5.74, 6) is -0.930. The molecule has 1 aromatic carbocycles. The second-order valence-electron chi connectivity index (χ2n) is 5.48. The molecule has 1 amide bonds. The van der Waals surface area contributed by atoms with Crippen molar-refractivity contribution in [2.75, 3.05) is 25.6 Å². The Balaban J connectivity index is 2.08. The van der Waals surface area contributed by atoms with Crippen LogP contribution in [0.15, 0.2) is 45.6 Å². The van der Waals surface area contributed by atoms with Gasteiger partial charge in [0.05, 0.1) is 6.61 Å². The van der Waals surface area contributed by atoms with Crippen molar-refractivity contribution < 1.29 is 28.6 Å². The molecule has 27 heavy (non-hydrogen) atoms. The first-order valence-electron chi connectivity index (χ1n) is 7.99. The topological polar surface area (TPSA) is 115 Å². The van der Waals surface area contributed by atoms with Gasteiger partial charge in [0.15, 0.2) is 5.78 Å². The van der Waals surface area contributed by atoms with Gasteiger partial charge in [0.1, 0.15) is 23.7 Å². The summed E-state index contributed by atoms with van der Waals surface area (Å²) in [6, 6.07) is 7.83. The Bertz CT molecular complexity index is 915. The second-order valence-corrected chi connectivity index (χ2v) is 5.48. The predicted octanol–water partition coefficient (Wildman–Crippen LogP) is 2.74. The first kappa shape index (κ1) is 19.9. The molecular formula is C19H19NO7. The van der Waals surface area contributed by atoms with Gasteiger partial charge in [0.25, 0.3) is 0 Å². The lowest BCUT2D eigenvalue weighted by atomic mass is 10.1. The number of hydrogen-bond donors (Lipinski definition) is 2. The van der Waals surface area contributed by atoms with E-state index in [1.807, 2.05) is 0 Å². The van der Waals surface area contributed by atoms with Crippen molar-refractivity contribution in [3.63, 3.8) is 0 Å². The fourth-order valence-electron chi connectivity index (χ4n) is 2.17. The molecule has 2 N–H and O–H groups in total. The maximum atomic E-state index is 12.2. The van der Waals surface area contributed by atoms with Crippen LogP contribution in [0.4, 0.5) is 10.5 Å². The molecule has 0 saturated heterocycles. The molecule has 8 heteroatoms. The maximum absolute atomic E-state index is 12.2. The summed E-state index contributed by atoms with van der Waals surface area (Å²) in [6.45, 7) is 1.90.